The van der Waals surface area contributed by atoms with E-state index in [0.29, 0.717) is 62.3 Å². The molecule has 0 spiro atoms. The summed E-state index contributed by atoms with van der Waals surface area (Å²) < 4.78 is 14.7. The molecular formula is C28H35FN6O3. The Morgan fingerprint density at radius 3 is 2.47 bits per heavy atom. The minimum absolute atomic E-state index is 0.00628. The van der Waals surface area contributed by atoms with Gasteiger partial charge in [-0.15, -0.1) is 0 Å². The Kier molecular flexibility index (Phi) is 9.19. The second kappa shape index (κ2) is 12.7. The molecule has 1 aliphatic heterocycles. The molecule has 2 amide bonds. The van der Waals surface area contributed by atoms with Crippen LogP contribution in [0.5, 0.6) is 0 Å². The number of amides is 2. The number of nitrogens with zero attached hydrogens (tertiary/aromatic N) is 4. The van der Waals surface area contributed by atoms with Gasteiger partial charge in [-0.05, 0) is 56.7 Å². The Hall–Kier alpha value is -3.63. The van der Waals surface area contributed by atoms with Gasteiger partial charge in [-0.1, -0.05) is 30.7 Å². The summed E-state index contributed by atoms with van der Waals surface area (Å²) in [6, 6.07) is 11.6. The summed E-state index contributed by atoms with van der Waals surface area (Å²) in [5.41, 5.74) is 6.60. The number of aromatic nitrogens is 2. The van der Waals surface area contributed by atoms with Crippen LogP contribution in [0, 0.1) is 5.82 Å². The van der Waals surface area contributed by atoms with Crippen molar-refractivity contribution in [1.82, 2.24) is 24.9 Å². The fraction of sp³-hybridized carbons (Fsp3) is 0.429. The van der Waals surface area contributed by atoms with Gasteiger partial charge in [0.15, 0.2) is 0 Å². The minimum Gasteiger partial charge on any atom is -0.338 e. The molecule has 202 valence electrons. The number of hydrogen-bond acceptors (Lipinski definition) is 6. The lowest BCUT2D eigenvalue weighted by molar-refractivity contribution is -0.133. The van der Waals surface area contributed by atoms with Crippen molar-refractivity contribution in [2.24, 2.45) is 5.73 Å². The van der Waals surface area contributed by atoms with Crippen molar-refractivity contribution in [1.29, 1.82) is 0 Å². The number of carbonyl (C=O) groups excluding carboxylic acids is 2. The van der Waals surface area contributed by atoms with Gasteiger partial charge in [0, 0.05) is 38.0 Å². The van der Waals surface area contributed by atoms with Crippen molar-refractivity contribution in [2.75, 3.05) is 52.9 Å². The van der Waals surface area contributed by atoms with Crippen molar-refractivity contribution in [3.8, 4) is 0 Å². The fourth-order valence-electron chi connectivity index (χ4n) is 4.79. The highest BCUT2D eigenvalue weighted by molar-refractivity contribution is 5.95. The summed E-state index contributed by atoms with van der Waals surface area (Å²) in [7, 11) is 1.93. The van der Waals surface area contributed by atoms with E-state index in [4.69, 9.17) is 5.73 Å². The van der Waals surface area contributed by atoms with Gasteiger partial charge in [0.1, 0.15) is 5.82 Å². The van der Waals surface area contributed by atoms with Crippen LogP contribution in [0.25, 0.3) is 10.8 Å². The molecule has 9 nitrogen and oxygen atoms in total. The number of hydrogen-bond donors (Lipinski definition) is 2. The largest absolute Gasteiger partial charge is 0.338 e. The maximum Gasteiger partial charge on any atom is 0.272 e. The number of benzene rings is 2. The normalized spacial score (nSPS) is 13.9. The summed E-state index contributed by atoms with van der Waals surface area (Å²) in [5, 5.41) is 7.94. The van der Waals surface area contributed by atoms with Crippen LogP contribution in [0.3, 0.4) is 0 Å². The van der Waals surface area contributed by atoms with Crippen molar-refractivity contribution in [2.45, 2.75) is 25.7 Å². The third kappa shape index (κ3) is 6.62. The molecule has 0 aliphatic carbocycles. The van der Waals surface area contributed by atoms with Crippen LogP contribution < -0.4 is 11.3 Å². The van der Waals surface area contributed by atoms with Gasteiger partial charge in [-0.2, -0.15) is 5.10 Å². The number of piperazine rings is 1. The Balaban J connectivity index is 1.37. The predicted octanol–water partition coefficient (Wildman–Crippen LogP) is 2.00. The number of fused-ring (bicyclic) bond motifs is 1. The average molecular weight is 523 g/mol. The molecule has 38 heavy (non-hydrogen) atoms. The number of carbonyl (C=O) groups is 2. The van der Waals surface area contributed by atoms with E-state index in [9.17, 15) is 18.8 Å². The zero-order valence-corrected chi connectivity index (χ0v) is 21.8. The SMILES string of the molecule is CN(CCCCCN)CC(=O)N1CCN(C(=O)c2cc(Cc3n[nH]c(=O)c4ccccc34)ccc2F)CC1. The maximum atomic E-state index is 14.7. The Morgan fingerprint density at radius 2 is 1.74 bits per heavy atom. The number of halogens is 1. The van der Waals surface area contributed by atoms with Crippen molar-refractivity contribution in [3.05, 3.63) is 75.5 Å². The molecule has 0 bridgehead atoms. The van der Waals surface area contributed by atoms with Gasteiger partial charge < -0.3 is 15.5 Å². The fourth-order valence-corrected chi connectivity index (χ4v) is 4.79. The van der Waals surface area contributed by atoms with E-state index >= 15 is 0 Å². The lowest BCUT2D eigenvalue weighted by atomic mass is 10.0. The molecule has 3 N–H and O–H groups in total. The van der Waals surface area contributed by atoms with Crippen LogP contribution in [-0.2, 0) is 11.2 Å². The molecule has 3 aromatic rings. The zero-order chi connectivity index (χ0) is 27.1. The van der Waals surface area contributed by atoms with Gasteiger partial charge in [0.25, 0.3) is 11.5 Å². The van der Waals surface area contributed by atoms with Crippen LogP contribution >= 0.6 is 0 Å². The number of nitrogens with two attached hydrogens (primary N) is 1. The van der Waals surface area contributed by atoms with Crippen LogP contribution in [0.1, 0.15) is 40.9 Å². The highest BCUT2D eigenvalue weighted by Gasteiger charge is 2.27. The van der Waals surface area contributed by atoms with Crippen molar-refractivity contribution < 1.29 is 14.0 Å². The van der Waals surface area contributed by atoms with E-state index < -0.39 is 11.7 Å². The van der Waals surface area contributed by atoms with Gasteiger partial charge in [-0.3, -0.25) is 19.3 Å². The molecule has 2 heterocycles. The van der Waals surface area contributed by atoms with E-state index in [-0.39, 0.29) is 17.0 Å². The smallest absolute Gasteiger partial charge is 0.272 e. The summed E-state index contributed by atoms with van der Waals surface area (Å²) in [6.45, 7) is 3.38. The molecule has 1 fully saturated rings. The number of aromatic amines is 1. The van der Waals surface area contributed by atoms with Crippen LogP contribution in [0.4, 0.5) is 4.39 Å². The summed E-state index contributed by atoms with van der Waals surface area (Å²) in [5.74, 6) is -0.951. The second-order valence-corrected chi connectivity index (χ2v) is 9.80. The van der Waals surface area contributed by atoms with E-state index in [1.807, 2.05) is 24.1 Å². The highest BCUT2D eigenvalue weighted by atomic mass is 19.1. The van der Waals surface area contributed by atoms with Gasteiger partial charge in [-0.25, -0.2) is 9.49 Å². The van der Waals surface area contributed by atoms with Crippen molar-refractivity contribution >= 4 is 22.6 Å². The Labute approximate surface area is 221 Å². The van der Waals surface area contributed by atoms with Gasteiger partial charge >= 0.3 is 0 Å². The summed E-state index contributed by atoms with van der Waals surface area (Å²) >= 11 is 0. The summed E-state index contributed by atoms with van der Waals surface area (Å²) in [4.78, 5) is 43.4. The topological polar surface area (TPSA) is 116 Å². The molecule has 1 saturated heterocycles. The maximum absolute atomic E-state index is 14.7. The quantitative estimate of drug-likeness (QED) is 0.394. The molecule has 2 aromatic carbocycles. The zero-order valence-electron chi connectivity index (χ0n) is 21.8. The number of unbranched alkanes of at least 4 members (excludes halogenated alkanes) is 2. The van der Waals surface area contributed by atoms with Crippen LogP contribution in [0.15, 0.2) is 47.3 Å². The first-order chi connectivity index (χ1) is 18.4. The van der Waals surface area contributed by atoms with E-state index in [0.717, 1.165) is 31.2 Å². The molecule has 0 unspecified atom stereocenters. The molecule has 0 atom stereocenters. The van der Waals surface area contributed by atoms with E-state index in [2.05, 4.69) is 10.2 Å². The standard InChI is InChI=1S/C28H35FN6O3/c1-33(12-6-2-5-11-30)19-26(36)34-13-15-35(16-14-34)28(38)23-17-20(9-10-24(23)29)18-25-21-7-3-4-8-22(21)27(37)32-31-25/h3-4,7-10,17H,2,5-6,11-16,18-19,30H2,1H3,(H,32,37). The van der Waals surface area contributed by atoms with Gasteiger partial charge in [0.05, 0.1) is 23.2 Å². The molecule has 1 aliphatic rings. The molecule has 10 heteroatoms. The lowest BCUT2D eigenvalue weighted by Crippen LogP contribution is -2.52. The molecule has 0 saturated carbocycles. The Morgan fingerprint density at radius 1 is 1.03 bits per heavy atom. The second-order valence-electron chi connectivity index (χ2n) is 9.80. The minimum atomic E-state index is -0.590. The third-order valence-electron chi connectivity index (χ3n) is 6.98. The van der Waals surface area contributed by atoms with Gasteiger partial charge in [0.2, 0.25) is 5.91 Å². The number of nitrogens with one attached hydrogen (secondary N) is 1. The molecule has 1 aromatic heterocycles. The molecule has 0 radical (unpaired) electrons. The molecular weight excluding hydrogens is 487 g/mol. The first-order valence-corrected chi connectivity index (χ1v) is 13.1. The molecule has 4 rings (SSSR count). The summed E-state index contributed by atoms with van der Waals surface area (Å²) in [6.07, 6.45) is 3.37. The lowest BCUT2D eigenvalue weighted by Gasteiger charge is -2.35. The van der Waals surface area contributed by atoms with Crippen LogP contribution in [0.2, 0.25) is 0 Å². The average Bonchev–Trinajstić information content (AvgIpc) is 2.93. The number of rotatable bonds is 10. The van der Waals surface area contributed by atoms with E-state index in [1.165, 1.54) is 6.07 Å². The van der Waals surface area contributed by atoms with E-state index in [1.54, 1.807) is 34.1 Å². The monoisotopic (exact) mass is 522 g/mol. The van der Waals surface area contributed by atoms with Crippen molar-refractivity contribution in [3.63, 3.8) is 0 Å². The first kappa shape index (κ1) is 27.4. The third-order valence-corrected chi connectivity index (χ3v) is 6.98. The van der Waals surface area contributed by atoms with Crippen LogP contribution in [-0.4, -0.2) is 89.6 Å². The predicted molar refractivity (Wildman–Crippen MR) is 144 cm³/mol. The first-order valence-electron chi connectivity index (χ1n) is 13.1. The number of likely N-dealkylation sites (N-methyl/N-ethyl adjacent to an activating group) is 1. The number of H-pyrrole nitrogens is 1. The highest BCUT2D eigenvalue weighted by Crippen LogP contribution is 2.20. The Bertz CT molecular complexity index is 1340.